The van der Waals surface area contributed by atoms with Crippen LogP contribution in [0.4, 0.5) is 0 Å². The third-order valence-electron chi connectivity index (χ3n) is 11.1. The molecule has 0 fully saturated rings. The number of unbranched alkanes of at least 4 members (excludes halogenated alkanes) is 19. The molecule has 0 saturated heterocycles. The Morgan fingerprint density at radius 3 is 1.44 bits per heavy atom. The molecular weight excluding hydrogens is 709 g/mol. The van der Waals surface area contributed by atoms with Gasteiger partial charge in [-0.3, -0.25) is 19.2 Å². The quantitative estimate of drug-likeness (QED) is 0.0363. The first kappa shape index (κ1) is 47.4. The molecular formula is C49H76N4O4. The van der Waals surface area contributed by atoms with E-state index in [1.54, 1.807) is 0 Å². The molecule has 3 rings (SSSR count). The lowest BCUT2D eigenvalue weighted by Gasteiger charge is -2.19. The molecule has 57 heavy (non-hydrogen) atoms. The van der Waals surface area contributed by atoms with Gasteiger partial charge in [-0.25, -0.2) is 0 Å². The lowest BCUT2D eigenvalue weighted by atomic mass is 9.96. The number of hydrogen-bond donors (Lipinski definition) is 4. The van der Waals surface area contributed by atoms with Gasteiger partial charge in [0.1, 0.15) is 6.04 Å². The topological polar surface area (TPSA) is 116 Å². The van der Waals surface area contributed by atoms with E-state index in [2.05, 4.69) is 41.2 Å². The van der Waals surface area contributed by atoms with Crippen molar-refractivity contribution in [2.45, 2.75) is 180 Å². The van der Waals surface area contributed by atoms with Crippen LogP contribution in [0.5, 0.6) is 0 Å². The van der Waals surface area contributed by atoms with Crippen molar-refractivity contribution in [3.8, 4) is 0 Å². The van der Waals surface area contributed by atoms with Gasteiger partial charge in [-0.15, -0.1) is 0 Å². The zero-order valence-electron chi connectivity index (χ0n) is 35.7. The molecule has 0 radical (unpaired) electrons. The minimum Gasteiger partial charge on any atom is -0.356 e. The molecule has 8 nitrogen and oxygen atoms in total. The lowest BCUT2D eigenvalue weighted by molar-refractivity contribution is -0.129. The molecule has 0 aliphatic carbocycles. The molecule has 4 N–H and O–H groups in total. The molecule has 8 heteroatoms. The standard InChI is InChI=1S/C49H76N4O4/c1-3-5-7-9-11-13-15-17-19-26-36-50-45(54)35-34-44(48(56)51-37-27-20-18-16-14-12-10-8-6-4-2)53-46(55)33-25-28-38-52-49(57)47-42-31-23-21-29-40(42)39-41-30-22-24-32-43(41)47/h21-24,29-32,39,44H,3-20,25-28,33-38H2,1-2H3,(H,50,54)(H,51,56)(H,52,57)(H,53,55). The highest BCUT2D eigenvalue weighted by atomic mass is 16.2. The molecule has 3 aromatic rings. The van der Waals surface area contributed by atoms with Crippen LogP contribution in [-0.2, 0) is 14.4 Å². The largest absolute Gasteiger partial charge is 0.356 e. The van der Waals surface area contributed by atoms with E-state index in [0.717, 1.165) is 47.2 Å². The highest BCUT2D eigenvalue weighted by Gasteiger charge is 2.22. The van der Waals surface area contributed by atoms with E-state index in [-0.39, 0.29) is 42.9 Å². The molecule has 3 aromatic carbocycles. The van der Waals surface area contributed by atoms with Crippen molar-refractivity contribution < 1.29 is 19.2 Å². The summed E-state index contributed by atoms with van der Waals surface area (Å²) in [6.45, 7) is 6.14. The summed E-state index contributed by atoms with van der Waals surface area (Å²) in [6, 6.07) is 17.2. The summed E-state index contributed by atoms with van der Waals surface area (Å²) >= 11 is 0. The first-order chi connectivity index (χ1) is 27.9. The Morgan fingerprint density at radius 1 is 0.474 bits per heavy atom. The number of carbonyl (C=O) groups is 4. The van der Waals surface area contributed by atoms with E-state index in [1.807, 2.05) is 48.5 Å². The van der Waals surface area contributed by atoms with E-state index < -0.39 is 6.04 Å². The second-order valence-electron chi connectivity index (χ2n) is 16.1. The maximum Gasteiger partial charge on any atom is 0.252 e. The summed E-state index contributed by atoms with van der Waals surface area (Å²) in [5.74, 6) is -0.650. The van der Waals surface area contributed by atoms with Crippen LogP contribution >= 0.6 is 0 Å². The monoisotopic (exact) mass is 785 g/mol. The van der Waals surface area contributed by atoms with Crippen molar-refractivity contribution in [2.24, 2.45) is 0 Å². The second-order valence-corrected chi connectivity index (χ2v) is 16.1. The molecule has 0 spiro atoms. The van der Waals surface area contributed by atoms with Gasteiger partial charge in [0.05, 0.1) is 5.56 Å². The molecule has 0 aromatic heterocycles. The highest BCUT2D eigenvalue weighted by Crippen LogP contribution is 2.28. The Morgan fingerprint density at radius 2 is 0.912 bits per heavy atom. The van der Waals surface area contributed by atoms with E-state index in [1.165, 1.54) is 103 Å². The first-order valence-electron chi connectivity index (χ1n) is 23.0. The second kappa shape index (κ2) is 30.2. The molecule has 0 bridgehead atoms. The van der Waals surface area contributed by atoms with Gasteiger partial charge in [-0.2, -0.15) is 0 Å². The summed E-state index contributed by atoms with van der Waals surface area (Å²) in [6.07, 6.45) is 26.5. The maximum absolute atomic E-state index is 13.4. The fourth-order valence-electron chi connectivity index (χ4n) is 7.65. The molecule has 316 valence electrons. The Hall–Kier alpha value is -3.94. The Kier molecular flexibility index (Phi) is 25.1. The summed E-state index contributed by atoms with van der Waals surface area (Å²) < 4.78 is 0. The fraction of sp³-hybridized carbons (Fsp3) is 0.633. The first-order valence-corrected chi connectivity index (χ1v) is 23.0. The van der Waals surface area contributed by atoms with Gasteiger partial charge < -0.3 is 21.3 Å². The van der Waals surface area contributed by atoms with E-state index in [0.29, 0.717) is 38.0 Å². The molecule has 0 heterocycles. The van der Waals surface area contributed by atoms with Crippen LogP contribution in [0.1, 0.15) is 185 Å². The SMILES string of the molecule is CCCCCCCCCCCCNC(=O)CCC(NC(=O)CCCCNC(=O)c1c2ccccc2cc2ccccc12)C(=O)NCCCCCCCCCCCC. The number of rotatable bonds is 33. The summed E-state index contributed by atoms with van der Waals surface area (Å²) in [5, 5.41) is 15.9. The zero-order chi connectivity index (χ0) is 40.8. The molecule has 4 amide bonds. The number of carbonyl (C=O) groups excluding carboxylic acids is 4. The van der Waals surface area contributed by atoms with Crippen molar-refractivity contribution in [3.63, 3.8) is 0 Å². The maximum atomic E-state index is 13.4. The molecule has 1 atom stereocenters. The third kappa shape index (κ3) is 19.9. The van der Waals surface area contributed by atoms with Crippen molar-refractivity contribution in [2.75, 3.05) is 19.6 Å². The van der Waals surface area contributed by atoms with Crippen molar-refractivity contribution in [3.05, 3.63) is 60.2 Å². The van der Waals surface area contributed by atoms with Gasteiger partial charge in [0, 0.05) is 32.5 Å². The zero-order valence-corrected chi connectivity index (χ0v) is 35.7. The average Bonchev–Trinajstić information content (AvgIpc) is 3.22. The summed E-state index contributed by atoms with van der Waals surface area (Å²) in [5.41, 5.74) is 0.667. The van der Waals surface area contributed by atoms with Crippen LogP contribution in [0, 0.1) is 0 Å². The van der Waals surface area contributed by atoms with Gasteiger partial charge in [0.2, 0.25) is 17.7 Å². The van der Waals surface area contributed by atoms with Crippen LogP contribution in [-0.4, -0.2) is 49.3 Å². The Labute approximate surface area is 344 Å². The molecule has 0 aliphatic heterocycles. The Bertz CT molecular complexity index is 1540. The van der Waals surface area contributed by atoms with Crippen LogP contribution in [0.15, 0.2) is 54.6 Å². The average molecular weight is 785 g/mol. The number of hydrogen-bond acceptors (Lipinski definition) is 4. The normalized spacial score (nSPS) is 11.8. The minimum absolute atomic E-state index is 0.0811. The predicted molar refractivity (Wildman–Crippen MR) is 239 cm³/mol. The fourth-order valence-corrected chi connectivity index (χ4v) is 7.65. The smallest absolute Gasteiger partial charge is 0.252 e. The lowest BCUT2D eigenvalue weighted by Crippen LogP contribution is -2.47. The number of fused-ring (bicyclic) bond motifs is 2. The molecule has 0 saturated carbocycles. The number of nitrogens with one attached hydrogen (secondary N) is 4. The van der Waals surface area contributed by atoms with Gasteiger partial charge in [0.15, 0.2) is 0 Å². The van der Waals surface area contributed by atoms with Gasteiger partial charge in [0.25, 0.3) is 5.91 Å². The van der Waals surface area contributed by atoms with Gasteiger partial charge in [-0.1, -0.05) is 178 Å². The van der Waals surface area contributed by atoms with Gasteiger partial charge in [-0.05, 0) is 59.7 Å². The molecule has 1 unspecified atom stereocenters. The van der Waals surface area contributed by atoms with Crippen LogP contribution in [0.25, 0.3) is 21.5 Å². The number of benzene rings is 3. The third-order valence-corrected chi connectivity index (χ3v) is 11.1. The van der Waals surface area contributed by atoms with E-state index in [9.17, 15) is 19.2 Å². The van der Waals surface area contributed by atoms with Crippen molar-refractivity contribution in [1.29, 1.82) is 0 Å². The Balaban J connectivity index is 1.39. The van der Waals surface area contributed by atoms with Crippen LogP contribution in [0.2, 0.25) is 0 Å². The van der Waals surface area contributed by atoms with Crippen molar-refractivity contribution in [1.82, 2.24) is 21.3 Å². The van der Waals surface area contributed by atoms with Crippen LogP contribution in [0.3, 0.4) is 0 Å². The summed E-state index contributed by atoms with van der Waals surface area (Å²) in [4.78, 5) is 52.5. The summed E-state index contributed by atoms with van der Waals surface area (Å²) in [7, 11) is 0. The van der Waals surface area contributed by atoms with E-state index in [4.69, 9.17) is 0 Å². The van der Waals surface area contributed by atoms with Crippen LogP contribution < -0.4 is 21.3 Å². The minimum atomic E-state index is -0.761. The highest BCUT2D eigenvalue weighted by molar-refractivity contribution is 6.18. The van der Waals surface area contributed by atoms with Crippen molar-refractivity contribution >= 4 is 45.2 Å². The molecule has 0 aliphatic rings. The number of amides is 4. The van der Waals surface area contributed by atoms with Gasteiger partial charge >= 0.3 is 0 Å². The van der Waals surface area contributed by atoms with E-state index >= 15 is 0 Å². The predicted octanol–water partition coefficient (Wildman–Crippen LogP) is 11.2.